The molecule has 1 rings (SSSR count). The number of allylic oxidation sites excluding steroid dienone is 1. The highest BCUT2D eigenvalue weighted by atomic mass is 32.2. The predicted octanol–water partition coefficient (Wildman–Crippen LogP) is 0.808. The van der Waals surface area contributed by atoms with Crippen molar-refractivity contribution in [1.82, 2.24) is 14.9 Å². The molecule has 0 aliphatic rings. The maximum Gasteiger partial charge on any atom is 0.328 e. The quantitative estimate of drug-likeness (QED) is 0.287. The van der Waals surface area contributed by atoms with Gasteiger partial charge in [-0.3, -0.25) is 9.59 Å². The van der Waals surface area contributed by atoms with Crippen molar-refractivity contribution in [1.29, 1.82) is 0 Å². The molecule has 1 atom stereocenters. The van der Waals surface area contributed by atoms with Gasteiger partial charge in [0.25, 0.3) is 5.56 Å². The second-order valence-electron chi connectivity index (χ2n) is 5.76. The molecule has 0 bridgehead atoms. The first-order valence-corrected chi connectivity index (χ1v) is 8.75. The molecule has 138 valence electrons. The van der Waals surface area contributed by atoms with E-state index in [-0.39, 0.29) is 23.4 Å². The van der Waals surface area contributed by atoms with Gasteiger partial charge in [0.2, 0.25) is 5.91 Å². The van der Waals surface area contributed by atoms with Crippen LogP contribution in [0, 0.1) is 5.92 Å². The number of nitrogens with two attached hydrogens (primary N) is 1. The Morgan fingerprint density at radius 1 is 1.52 bits per heavy atom. The van der Waals surface area contributed by atoms with E-state index in [1.165, 1.54) is 13.2 Å². The number of carbonyl (C=O) groups is 2. The molecular formula is C16H24N4O4S. The molecule has 0 spiro atoms. The number of aromatic nitrogens is 2. The van der Waals surface area contributed by atoms with Gasteiger partial charge in [-0.05, 0) is 12.3 Å². The van der Waals surface area contributed by atoms with Gasteiger partial charge >= 0.3 is 5.97 Å². The van der Waals surface area contributed by atoms with E-state index in [1.807, 2.05) is 13.8 Å². The Morgan fingerprint density at radius 3 is 2.76 bits per heavy atom. The van der Waals surface area contributed by atoms with E-state index in [2.05, 4.69) is 16.9 Å². The largest absolute Gasteiger partial charge is 0.467 e. The minimum Gasteiger partial charge on any atom is -0.467 e. The third-order valence-corrected chi connectivity index (χ3v) is 4.17. The van der Waals surface area contributed by atoms with Crippen LogP contribution >= 0.6 is 11.8 Å². The van der Waals surface area contributed by atoms with Crippen molar-refractivity contribution in [3.63, 3.8) is 0 Å². The topological polar surface area (TPSA) is 116 Å². The van der Waals surface area contributed by atoms with Crippen LogP contribution < -0.4 is 16.6 Å². The average molecular weight is 368 g/mol. The van der Waals surface area contributed by atoms with Gasteiger partial charge in [0.15, 0.2) is 5.16 Å². The number of amides is 1. The SMILES string of the molecule is C=CCn1c(N)cc(=O)nc1SCC(=O)NC(CC(C)C)C(=O)OC. The molecule has 25 heavy (non-hydrogen) atoms. The molecular weight excluding hydrogens is 344 g/mol. The maximum absolute atomic E-state index is 12.2. The molecule has 0 fully saturated rings. The van der Waals surface area contributed by atoms with E-state index in [1.54, 1.807) is 10.6 Å². The van der Waals surface area contributed by atoms with Gasteiger partial charge in [0.1, 0.15) is 11.9 Å². The van der Waals surface area contributed by atoms with Gasteiger partial charge < -0.3 is 20.4 Å². The molecule has 1 aromatic heterocycles. The molecule has 8 nitrogen and oxygen atoms in total. The summed E-state index contributed by atoms with van der Waals surface area (Å²) in [6.07, 6.45) is 2.09. The number of nitrogen functional groups attached to an aromatic ring is 1. The van der Waals surface area contributed by atoms with Gasteiger partial charge in [0.05, 0.1) is 12.9 Å². The van der Waals surface area contributed by atoms with Crippen LogP contribution in [-0.4, -0.2) is 40.3 Å². The molecule has 9 heteroatoms. The normalized spacial score (nSPS) is 11.8. The van der Waals surface area contributed by atoms with E-state index < -0.39 is 17.6 Å². The van der Waals surface area contributed by atoms with E-state index in [0.717, 1.165) is 11.8 Å². The van der Waals surface area contributed by atoms with Crippen molar-refractivity contribution in [2.75, 3.05) is 18.6 Å². The average Bonchev–Trinajstić information content (AvgIpc) is 2.53. The Balaban J connectivity index is 2.80. The second kappa shape index (κ2) is 9.87. The summed E-state index contributed by atoms with van der Waals surface area (Å²) in [7, 11) is 1.28. The molecule has 0 aliphatic carbocycles. The fourth-order valence-corrected chi connectivity index (χ4v) is 2.95. The zero-order valence-corrected chi connectivity index (χ0v) is 15.5. The molecule has 0 saturated carbocycles. The highest BCUT2D eigenvalue weighted by Gasteiger charge is 2.22. The van der Waals surface area contributed by atoms with Gasteiger partial charge in [-0.15, -0.1) is 6.58 Å². The summed E-state index contributed by atoms with van der Waals surface area (Å²) in [6, 6.07) is 0.506. The molecule has 0 radical (unpaired) electrons. The number of esters is 1. The molecule has 3 N–H and O–H groups in total. The Morgan fingerprint density at radius 2 is 2.20 bits per heavy atom. The van der Waals surface area contributed by atoms with Crippen LogP contribution in [0.15, 0.2) is 28.7 Å². The van der Waals surface area contributed by atoms with Crippen LogP contribution in [0.4, 0.5) is 5.82 Å². The number of rotatable bonds is 9. The summed E-state index contributed by atoms with van der Waals surface area (Å²) >= 11 is 1.06. The first kappa shape index (κ1) is 20.8. The Labute approximate surface area is 150 Å². The Bertz CT molecular complexity index is 687. The molecule has 1 aromatic rings. The third-order valence-electron chi connectivity index (χ3n) is 3.19. The van der Waals surface area contributed by atoms with Crippen molar-refractivity contribution in [2.45, 2.75) is 38.0 Å². The van der Waals surface area contributed by atoms with Gasteiger partial charge in [0, 0.05) is 12.6 Å². The lowest BCUT2D eigenvalue weighted by Crippen LogP contribution is -2.43. The van der Waals surface area contributed by atoms with Crippen molar-refractivity contribution < 1.29 is 14.3 Å². The number of nitrogens with one attached hydrogen (secondary N) is 1. The number of nitrogens with zero attached hydrogens (tertiary/aromatic N) is 2. The summed E-state index contributed by atoms with van der Waals surface area (Å²) in [4.78, 5) is 39.3. The zero-order valence-electron chi connectivity index (χ0n) is 14.7. The number of hydrogen-bond acceptors (Lipinski definition) is 7. The number of hydrogen-bond donors (Lipinski definition) is 2. The third kappa shape index (κ3) is 6.61. The van der Waals surface area contributed by atoms with Crippen LogP contribution in [0.1, 0.15) is 20.3 Å². The van der Waals surface area contributed by atoms with E-state index in [9.17, 15) is 14.4 Å². The van der Waals surface area contributed by atoms with E-state index in [4.69, 9.17) is 10.5 Å². The monoisotopic (exact) mass is 368 g/mol. The first-order chi connectivity index (χ1) is 11.8. The van der Waals surface area contributed by atoms with Gasteiger partial charge in [-0.2, -0.15) is 4.98 Å². The van der Waals surface area contributed by atoms with Crippen LogP contribution in [0.3, 0.4) is 0 Å². The summed E-state index contributed by atoms with van der Waals surface area (Å²) < 4.78 is 6.30. The van der Waals surface area contributed by atoms with Crippen molar-refractivity contribution in [3.8, 4) is 0 Å². The molecule has 1 unspecified atom stereocenters. The van der Waals surface area contributed by atoms with Crippen LogP contribution in [0.25, 0.3) is 0 Å². The first-order valence-electron chi connectivity index (χ1n) is 7.76. The minimum absolute atomic E-state index is 0.0153. The number of methoxy groups -OCH3 is 1. The standard InChI is InChI=1S/C16H24N4O4S/c1-5-6-20-12(17)8-13(21)19-16(20)25-9-14(22)18-11(7-10(2)3)15(23)24-4/h5,8,10-11H,1,6-7,9,17H2,2-4H3,(H,18,22). The smallest absolute Gasteiger partial charge is 0.328 e. The summed E-state index contributed by atoms with van der Waals surface area (Å²) in [5, 5.41) is 2.97. The van der Waals surface area contributed by atoms with Gasteiger partial charge in [-0.1, -0.05) is 31.7 Å². The number of thioether (sulfide) groups is 1. The van der Waals surface area contributed by atoms with Crippen LogP contribution in [0.5, 0.6) is 0 Å². The summed E-state index contributed by atoms with van der Waals surface area (Å²) in [6.45, 7) is 7.88. The highest BCUT2D eigenvalue weighted by molar-refractivity contribution is 7.99. The van der Waals surface area contributed by atoms with E-state index >= 15 is 0 Å². The van der Waals surface area contributed by atoms with Crippen molar-refractivity contribution >= 4 is 29.5 Å². The van der Waals surface area contributed by atoms with E-state index in [0.29, 0.717) is 18.1 Å². The number of ether oxygens (including phenoxy) is 1. The maximum atomic E-state index is 12.2. The van der Waals surface area contributed by atoms with Crippen molar-refractivity contribution in [3.05, 3.63) is 29.1 Å². The number of anilines is 1. The van der Waals surface area contributed by atoms with Crippen LogP contribution in [0.2, 0.25) is 0 Å². The predicted molar refractivity (Wildman–Crippen MR) is 97.2 cm³/mol. The fourth-order valence-electron chi connectivity index (χ4n) is 2.12. The minimum atomic E-state index is -0.706. The number of carbonyl (C=O) groups excluding carboxylic acids is 2. The fraction of sp³-hybridized carbons (Fsp3) is 0.500. The molecule has 0 aromatic carbocycles. The summed E-state index contributed by atoms with van der Waals surface area (Å²) in [5.74, 6) is -0.403. The lowest BCUT2D eigenvalue weighted by atomic mass is 10.0. The van der Waals surface area contributed by atoms with Crippen molar-refractivity contribution in [2.24, 2.45) is 5.92 Å². The zero-order chi connectivity index (χ0) is 19.0. The second-order valence-corrected chi connectivity index (χ2v) is 6.71. The summed E-state index contributed by atoms with van der Waals surface area (Å²) in [5.41, 5.74) is 5.33. The molecule has 1 amide bonds. The lowest BCUT2D eigenvalue weighted by molar-refractivity contribution is -0.145. The lowest BCUT2D eigenvalue weighted by Gasteiger charge is -2.18. The molecule has 1 heterocycles. The molecule has 0 aliphatic heterocycles. The molecule has 0 saturated heterocycles. The highest BCUT2D eigenvalue weighted by Crippen LogP contribution is 2.17. The van der Waals surface area contributed by atoms with Gasteiger partial charge in [-0.25, -0.2) is 4.79 Å². The Hall–Kier alpha value is -2.29. The Kier molecular flexibility index (Phi) is 8.20. The van der Waals surface area contributed by atoms with Crippen LogP contribution in [-0.2, 0) is 20.9 Å².